The van der Waals surface area contributed by atoms with Gasteiger partial charge in [-0.3, -0.25) is 0 Å². The molecule has 0 aliphatic rings. The summed E-state index contributed by atoms with van der Waals surface area (Å²) in [6, 6.07) is 12.5. The number of hydrogen-bond donors (Lipinski definition) is 2. The minimum Gasteiger partial charge on any atom is -0.396 e. The molecule has 1 aromatic carbocycles. The predicted molar refractivity (Wildman–Crippen MR) is 76.2 cm³/mol. The maximum absolute atomic E-state index is 9.30. The molecule has 2 N–H and O–H groups in total. The Balaban J connectivity index is 2.10. The van der Waals surface area contributed by atoms with Crippen LogP contribution in [0.5, 0.6) is 0 Å². The summed E-state index contributed by atoms with van der Waals surface area (Å²) in [4.78, 5) is 4.63. The monoisotopic (exact) mass is 257 g/mol. The molecule has 0 saturated heterocycles. The van der Waals surface area contributed by atoms with Crippen LogP contribution in [0.3, 0.4) is 0 Å². The summed E-state index contributed by atoms with van der Waals surface area (Å²) >= 11 is 1.75. The fourth-order valence-electron chi connectivity index (χ4n) is 2.45. The van der Waals surface area contributed by atoms with Crippen LogP contribution in [0, 0.1) is 0 Å². The van der Waals surface area contributed by atoms with Crippen molar-refractivity contribution in [1.82, 2.24) is 4.98 Å². The van der Waals surface area contributed by atoms with Crippen molar-refractivity contribution in [1.29, 1.82) is 0 Å². The molecule has 0 saturated carbocycles. The van der Waals surface area contributed by atoms with Gasteiger partial charge in [0.1, 0.15) is 0 Å². The molecular weight excluding hydrogens is 242 g/mol. The van der Waals surface area contributed by atoms with Crippen molar-refractivity contribution < 1.29 is 5.11 Å². The molecule has 3 heteroatoms. The number of nitrogens with one attached hydrogen (secondary N) is 1. The van der Waals surface area contributed by atoms with E-state index < -0.39 is 0 Å². The second-order valence-corrected chi connectivity index (χ2v) is 5.35. The molecule has 0 radical (unpaired) electrons. The first-order valence-corrected chi connectivity index (χ1v) is 6.98. The minimum atomic E-state index is 0.210. The highest BCUT2D eigenvalue weighted by atomic mass is 32.1. The van der Waals surface area contributed by atoms with Gasteiger partial charge in [-0.25, -0.2) is 0 Å². The summed E-state index contributed by atoms with van der Waals surface area (Å²) < 4.78 is 0. The van der Waals surface area contributed by atoms with Crippen LogP contribution in [-0.2, 0) is 0 Å². The molecule has 0 aliphatic heterocycles. The van der Waals surface area contributed by atoms with Gasteiger partial charge in [0.25, 0.3) is 0 Å². The number of aliphatic hydroxyl groups excluding tert-OH is 1. The Bertz CT molecular complexity index is 627. The van der Waals surface area contributed by atoms with E-state index >= 15 is 0 Å². The van der Waals surface area contributed by atoms with Crippen LogP contribution < -0.4 is 0 Å². The van der Waals surface area contributed by atoms with Crippen molar-refractivity contribution >= 4 is 22.2 Å². The Morgan fingerprint density at radius 2 is 2.06 bits per heavy atom. The molecule has 1 atom stereocenters. The lowest BCUT2D eigenvalue weighted by atomic mass is 9.94. The zero-order chi connectivity index (χ0) is 12.4. The molecule has 0 aliphatic carbocycles. The molecule has 0 fully saturated rings. The quantitative estimate of drug-likeness (QED) is 0.733. The van der Waals surface area contributed by atoms with Gasteiger partial charge >= 0.3 is 0 Å². The van der Waals surface area contributed by atoms with Gasteiger partial charge in [0.05, 0.1) is 0 Å². The largest absolute Gasteiger partial charge is 0.396 e. The van der Waals surface area contributed by atoms with Crippen LogP contribution in [-0.4, -0.2) is 16.7 Å². The van der Waals surface area contributed by atoms with Crippen molar-refractivity contribution in [2.24, 2.45) is 0 Å². The van der Waals surface area contributed by atoms with E-state index in [1.165, 1.54) is 15.8 Å². The number of aromatic nitrogens is 1. The third kappa shape index (κ3) is 1.96. The van der Waals surface area contributed by atoms with E-state index in [2.05, 4.69) is 46.9 Å². The topological polar surface area (TPSA) is 36.0 Å². The van der Waals surface area contributed by atoms with Gasteiger partial charge < -0.3 is 10.1 Å². The fourth-order valence-corrected chi connectivity index (χ4v) is 3.33. The number of rotatable bonds is 4. The van der Waals surface area contributed by atoms with Gasteiger partial charge in [-0.2, -0.15) is 0 Å². The van der Waals surface area contributed by atoms with Crippen molar-refractivity contribution in [3.05, 3.63) is 58.4 Å². The summed E-state index contributed by atoms with van der Waals surface area (Å²) in [7, 11) is 0. The number of para-hydroxylation sites is 1. The molecule has 0 bridgehead atoms. The van der Waals surface area contributed by atoms with Crippen LogP contribution >= 0.6 is 11.3 Å². The molecular formula is C15H15NOS. The first kappa shape index (κ1) is 11.5. The highest BCUT2D eigenvalue weighted by molar-refractivity contribution is 7.10. The Hall–Kier alpha value is -1.58. The van der Waals surface area contributed by atoms with Gasteiger partial charge in [-0.1, -0.05) is 24.3 Å². The summed E-state index contributed by atoms with van der Waals surface area (Å²) in [6.07, 6.45) is 2.84. The molecule has 2 nitrogen and oxygen atoms in total. The third-order valence-corrected chi connectivity index (χ3v) is 4.29. The first-order valence-electron chi connectivity index (χ1n) is 6.10. The summed E-state index contributed by atoms with van der Waals surface area (Å²) in [5.74, 6) is 0.283. The molecule has 3 aromatic rings. The zero-order valence-corrected chi connectivity index (χ0v) is 10.8. The number of aromatic amines is 1. The van der Waals surface area contributed by atoms with Crippen molar-refractivity contribution in [3.8, 4) is 0 Å². The van der Waals surface area contributed by atoms with Crippen molar-refractivity contribution in [3.63, 3.8) is 0 Å². The molecule has 92 valence electrons. The summed E-state index contributed by atoms with van der Waals surface area (Å²) in [6.45, 7) is 0.210. The van der Waals surface area contributed by atoms with E-state index in [0.29, 0.717) is 0 Å². The Kier molecular flexibility index (Phi) is 3.17. The lowest BCUT2D eigenvalue weighted by molar-refractivity contribution is 0.282. The van der Waals surface area contributed by atoms with Crippen molar-refractivity contribution in [2.45, 2.75) is 12.3 Å². The maximum Gasteiger partial charge on any atom is 0.0457 e. The predicted octanol–water partition coefficient (Wildman–Crippen LogP) is 3.74. The van der Waals surface area contributed by atoms with Gasteiger partial charge in [-0.15, -0.1) is 11.3 Å². The summed E-state index contributed by atoms with van der Waals surface area (Å²) in [5.41, 5.74) is 2.44. The van der Waals surface area contributed by atoms with E-state index in [4.69, 9.17) is 0 Å². The number of H-pyrrole nitrogens is 1. The smallest absolute Gasteiger partial charge is 0.0457 e. The maximum atomic E-state index is 9.30. The van der Waals surface area contributed by atoms with Crippen LogP contribution in [0.1, 0.15) is 22.8 Å². The van der Waals surface area contributed by atoms with Gasteiger partial charge in [0, 0.05) is 34.5 Å². The molecule has 0 amide bonds. The van der Waals surface area contributed by atoms with Crippen LogP contribution in [0.15, 0.2) is 48.0 Å². The van der Waals surface area contributed by atoms with E-state index in [9.17, 15) is 5.11 Å². The van der Waals surface area contributed by atoms with Crippen LogP contribution in [0.25, 0.3) is 10.9 Å². The Morgan fingerprint density at radius 1 is 1.17 bits per heavy atom. The third-order valence-electron chi connectivity index (χ3n) is 3.30. The van der Waals surface area contributed by atoms with E-state index in [0.717, 1.165) is 11.9 Å². The molecule has 18 heavy (non-hydrogen) atoms. The highest BCUT2D eigenvalue weighted by Gasteiger charge is 2.18. The second-order valence-electron chi connectivity index (χ2n) is 4.37. The SMILES string of the molecule is OCCC(c1cccs1)c1c[nH]c2ccccc12. The van der Waals surface area contributed by atoms with Crippen LogP contribution in [0.2, 0.25) is 0 Å². The van der Waals surface area contributed by atoms with E-state index in [1.54, 1.807) is 11.3 Å². The van der Waals surface area contributed by atoms with Crippen LogP contribution in [0.4, 0.5) is 0 Å². The number of hydrogen-bond acceptors (Lipinski definition) is 2. The molecule has 2 heterocycles. The normalized spacial score (nSPS) is 12.9. The Labute approximate surface area is 110 Å². The van der Waals surface area contributed by atoms with Gasteiger partial charge in [0.2, 0.25) is 0 Å². The average Bonchev–Trinajstić information content (AvgIpc) is 3.06. The number of aliphatic hydroxyl groups is 1. The van der Waals surface area contributed by atoms with Crippen molar-refractivity contribution in [2.75, 3.05) is 6.61 Å². The lowest BCUT2D eigenvalue weighted by Crippen LogP contribution is -2.01. The number of benzene rings is 1. The second kappa shape index (κ2) is 4.96. The Morgan fingerprint density at radius 3 is 2.83 bits per heavy atom. The van der Waals surface area contributed by atoms with E-state index in [-0.39, 0.29) is 12.5 Å². The van der Waals surface area contributed by atoms with E-state index in [1.807, 2.05) is 6.07 Å². The molecule has 3 rings (SSSR count). The first-order chi connectivity index (χ1) is 8.90. The molecule has 1 unspecified atom stereocenters. The molecule has 0 spiro atoms. The van der Waals surface area contributed by atoms with Gasteiger partial charge in [-0.05, 0) is 29.5 Å². The minimum absolute atomic E-state index is 0.210. The standard InChI is InChI=1S/C15H15NOS/c17-8-7-12(15-6-3-9-18-15)13-10-16-14-5-2-1-4-11(13)14/h1-6,9-10,12,16-17H,7-8H2. The fraction of sp³-hybridized carbons (Fsp3) is 0.200. The lowest BCUT2D eigenvalue weighted by Gasteiger charge is -2.13. The zero-order valence-electron chi connectivity index (χ0n) is 9.97. The summed E-state index contributed by atoms with van der Waals surface area (Å²) in [5, 5.41) is 12.6. The number of thiophene rings is 1. The number of fused-ring (bicyclic) bond motifs is 1. The average molecular weight is 257 g/mol. The molecule has 2 aromatic heterocycles. The highest BCUT2D eigenvalue weighted by Crippen LogP contribution is 2.35. The van der Waals surface area contributed by atoms with Gasteiger partial charge in [0.15, 0.2) is 0 Å².